The van der Waals surface area contributed by atoms with Gasteiger partial charge in [-0.1, -0.05) is 29.3 Å². The molecule has 0 saturated carbocycles. The van der Waals surface area contributed by atoms with E-state index in [0.29, 0.717) is 10.0 Å². The zero-order chi connectivity index (χ0) is 14.5. The number of nitrogens with one attached hydrogen (secondary N) is 1. The zero-order valence-corrected chi connectivity index (χ0v) is 12.5. The molecule has 0 radical (unpaired) electrons. The third kappa shape index (κ3) is 4.17. The molecule has 0 aliphatic carbocycles. The van der Waals surface area contributed by atoms with E-state index in [-0.39, 0.29) is 11.9 Å². The first-order valence-electron chi connectivity index (χ1n) is 6.34. The summed E-state index contributed by atoms with van der Waals surface area (Å²) < 4.78 is 13.1. The van der Waals surface area contributed by atoms with Crippen molar-refractivity contribution in [1.82, 2.24) is 10.3 Å². The van der Waals surface area contributed by atoms with Crippen LogP contribution in [0.25, 0.3) is 0 Å². The van der Waals surface area contributed by atoms with Gasteiger partial charge >= 0.3 is 0 Å². The molecule has 20 heavy (non-hydrogen) atoms. The molecule has 0 bridgehead atoms. The minimum atomic E-state index is -0.322. The molecular weight excluding hydrogens is 298 g/mol. The topological polar surface area (TPSA) is 24.9 Å². The van der Waals surface area contributed by atoms with E-state index in [1.165, 1.54) is 12.3 Å². The van der Waals surface area contributed by atoms with Crippen molar-refractivity contribution in [2.24, 2.45) is 0 Å². The van der Waals surface area contributed by atoms with Crippen LogP contribution in [0, 0.1) is 5.82 Å². The van der Waals surface area contributed by atoms with Gasteiger partial charge in [-0.25, -0.2) is 4.39 Å². The van der Waals surface area contributed by atoms with Gasteiger partial charge < -0.3 is 5.32 Å². The van der Waals surface area contributed by atoms with Crippen molar-refractivity contribution in [3.8, 4) is 0 Å². The highest BCUT2D eigenvalue weighted by molar-refractivity contribution is 6.35. The lowest BCUT2D eigenvalue weighted by atomic mass is 10.1. The summed E-state index contributed by atoms with van der Waals surface area (Å²) in [4.78, 5) is 3.84. The molecule has 2 rings (SSSR count). The van der Waals surface area contributed by atoms with Crippen LogP contribution in [0.3, 0.4) is 0 Å². The van der Waals surface area contributed by atoms with Gasteiger partial charge in [0.05, 0.1) is 6.20 Å². The van der Waals surface area contributed by atoms with Crippen LogP contribution >= 0.6 is 23.2 Å². The van der Waals surface area contributed by atoms with E-state index in [9.17, 15) is 4.39 Å². The quantitative estimate of drug-likeness (QED) is 0.884. The van der Waals surface area contributed by atoms with Gasteiger partial charge in [-0.05, 0) is 49.2 Å². The van der Waals surface area contributed by atoms with Crippen LogP contribution < -0.4 is 5.32 Å². The third-order valence-corrected chi connectivity index (χ3v) is 3.67. The second-order valence-corrected chi connectivity index (χ2v) is 5.44. The van der Waals surface area contributed by atoms with Gasteiger partial charge in [0.15, 0.2) is 0 Å². The van der Waals surface area contributed by atoms with Crippen molar-refractivity contribution in [2.75, 3.05) is 6.54 Å². The maximum absolute atomic E-state index is 13.1. The molecule has 1 N–H and O–H groups in total. The molecule has 1 heterocycles. The summed E-state index contributed by atoms with van der Waals surface area (Å²) in [6, 6.07) is 6.99. The first-order valence-corrected chi connectivity index (χ1v) is 7.09. The number of nitrogens with zero attached hydrogens (tertiary/aromatic N) is 1. The summed E-state index contributed by atoms with van der Waals surface area (Å²) in [6.07, 6.45) is 3.64. The Kier molecular flexibility index (Phi) is 5.35. The minimum Gasteiger partial charge on any atom is -0.310 e. The van der Waals surface area contributed by atoms with Crippen molar-refractivity contribution in [1.29, 1.82) is 0 Å². The number of pyridine rings is 1. The molecular formula is C15H15Cl2FN2. The second-order valence-electron chi connectivity index (χ2n) is 4.60. The highest BCUT2D eigenvalue weighted by atomic mass is 35.5. The maximum Gasteiger partial charge on any atom is 0.141 e. The lowest BCUT2D eigenvalue weighted by Gasteiger charge is -2.14. The van der Waals surface area contributed by atoms with E-state index in [1.54, 1.807) is 12.3 Å². The Morgan fingerprint density at radius 3 is 2.75 bits per heavy atom. The fourth-order valence-corrected chi connectivity index (χ4v) is 2.43. The second kappa shape index (κ2) is 7.02. The van der Waals surface area contributed by atoms with Crippen LogP contribution in [0.1, 0.15) is 24.1 Å². The molecule has 1 aromatic carbocycles. The number of rotatable bonds is 5. The third-order valence-electron chi connectivity index (χ3n) is 3.09. The first-order chi connectivity index (χ1) is 9.56. The van der Waals surface area contributed by atoms with Crippen molar-refractivity contribution in [3.05, 3.63) is 63.6 Å². The zero-order valence-electron chi connectivity index (χ0n) is 11.0. The van der Waals surface area contributed by atoms with Crippen LogP contribution in [-0.4, -0.2) is 11.5 Å². The van der Waals surface area contributed by atoms with E-state index in [2.05, 4.69) is 10.3 Å². The summed E-state index contributed by atoms with van der Waals surface area (Å²) in [5.41, 5.74) is 1.86. The molecule has 0 saturated heterocycles. The van der Waals surface area contributed by atoms with Gasteiger partial charge in [-0.15, -0.1) is 0 Å². The van der Waals surface area contributed by atoms with E-state index in [4.69, 9.17) is 23.2 Å². The van der Waals surface area contributed by atoms with E-state index < -0.39 is 0 Å². The monoisotopic (exact) mass is 312 g/mol. The normalized spacial score (nSPS) is 12.4. The molecule has 106 valence electrons. The predicted molar refractivity (Wildman–Crippen MR) is 80.8 cm³/mol. The Morgan fingerprint density at radius 2 is 2.05 bits per heavy atom. The van der Waals surface area contributed by atoms with Gasteiger partial charge in [0.25, 0.3) is 0 Å². The molecule has 0 spiro atoms. The van der Waals surface area contributed by atoms with Crippen molar-refractivity contribution in [2.45, 2.75) is 19.4 Å². The Morgan fingerprint density at radius 1 is 1.25 bits per heavy atom. The lowest BCUT2D eigenvalue weighted by molar-refractivity contribution is 0.563. The Bertz CT molecular complexity index is 590. The first kappa shape index (κ1) is 15.2. The number of aromatic nitrogens is 1. The van der Waals surface area contributed by atoms with Gasteiger partial charge in [0.1, 0.15) is 5.82 Å². The molecule has 0 amide bonds. The smallest absolute Gasteiger partial charge is 0.141 e. The van der Waals surface area contributed by atoms with Gasteiger partial charge in [-0.2, -0.15) is 0 Å². The van der Waals surface area contributed by atoms with Crippen LogP contribution in [-0.2, 0) is 6.42 Å². The van der Waals surface area contributed by atoms with Crippen molar-refractivity contribution in [3.63, 3.8) is 0 Å². The van der Waals surface area contributed by atoms with Crippen LogP contribution in [0.5, 0.6) is 0 Å². The van der Waals surface area contributed by atoms with Crippen LogP contribution in [0.4, 0.5) is 4.39 Å². The SMILES string of the molecule is CC(NCCc1ccc(Cl)cc1Cl)c1cncc(F)c1. The average Bonchev–Trinajstić information content (AvgIpc) is 2.41. The molecule has 0 aliphatic heterocycles. The average molecular weight is 313 g/mol. The maximum atomic E-state index is 13.1. The summed E-state index contributed by atoms with van der Waals surface area (Å²) in [5, 5.41) is 4.61. The number of hydrogen-bond acceptors (Lipinski definition) is 2. The predicted octanol–water partition coefficient (Wildman–Crippen LogP) is 4.42. The summed E-state index contributed by atoms with van der Waals surface area (Å²) in [7, 11) is 0. The highest BCUT2D eigenvalue weighted by Gasteiger charge is 2.07. The Balaban J connectivity index is 1.89. The molecule has 2 nitrogen and oxygen atoms in total. The fraction of sp³-hybridized carbons (Fsp3) is 0.267. The van der Waals surface area contributed by atoms with Crippen molar-refractivity contribution >= 4 is 23.2 Å². The Hall–Kier alpha value is -1.16. The molecule has 0 fully saturated rings. The number of hydrogen-bond donors (Lipinski definition) is 1. The van der Waals surface area contributed by atoms with E-state index >= 15 is 0 Å². The molecule has 1 unspecified atom stereocenters. The van der Waals surface area contributed by atoms with Gasteiger partial charge in [0.2, 0.25) is 0 Å². The van der Waals surface area contributed by atoms with Gasteiger partial charge in [0, 0.05) is 22.3 Å². The Labute approximate surface area is 127 Å². The highest BCUT2D eigenvalue weighted by Crippen LogP contribution is 2.21. The minimum absolute atomic E-state index is 0.0317. The molecule has 5 heteroatoms. The van der Waals surface area contributed by atoms with Crippen LogP contribution in [0.2, 0.25) is 10.0 Å². The number of benzene rings is 1. The summed E-state index contributed by atoms with van der Waals surface area (Å²) in [6.45, 7) is 2.71. The van der Waals surface area contributed by atoms with Gasteiger partial charge in [-0.3, -0.25) is 4.98 Å². The standard InChI is InChI=1S/C15H15Cl2FN2/c1-10(12-6-14(18)9-19-8-12)20-5-4-11-2-3-13(16)7-15(11)17/h2-3,6-10,20H,4-5H2,1H3. The molecule has 1 aromatic heterocycles. The lowest BCUT2D eigenvalue weighted by Crippen LogP contribution is -2.21. The van der Waals surface area contributed by atoms with E-state index in [0.717, 1.165) is 24.1 Å². The van der Waals surface area contributed by atoms with Crippen LogP contribution in [0.15, 0.2) is 36.7 Å². The molecule has 1 atom stereocenters. The molecule has 2 aromatic rings. The summed E-state index contributed by atoms with van der Waals surface area (Å²) >= 11 is 12.0. The molecule has 0 aliphatic rings. The largest absolute Gasteiger partial charge is 0.310 e. The summed E-state index contributed by atoms with van der Waals surface area (Å²) in [5.74, 6) is -0.322. The van der Waals surface area contributed by atoms with E-state index in [1.807, 2.05) is 19.1 Å². The number of halogens is 3. The van der Waals surface area contributed by atoms with Crippen molar-refractivity contribution < 1.29 is 4.39 Å². The fourth-order valence-electron chi connectivity index (χ4n) is 1.93.